The predicted octanol–water partition coefficient (Wildman–Crippen LogP) is 3.78. The highest BCUT2D eigenvalue weighted by Crippen LogP contribution is 2.40. The molecule has 1 aliphatic heterocycles. The van der Waals surface area contributed by atoms with Crippen LogP contribution in [0, 0.1) is 6.92 Å². The van der Waals surface area contributed by atoms with Gasteiger partial charge in [0.25, 0.3) is 11.7 Å². The third kappa shape index (κ3) is 5.20. The second kappa shape index (κ2) is 10.5. The van der Waals surface area contributed by atoms with Gasteiger partial charge in [-0.15, -0.1) is 0 Å². The minimum absolute atomic E-state index is 0.0885. The topological polar surface area (TPSA) is 79.3 Å². The Morgan fingerprint density at radius 2 is 1.82 bits per heavy atom. The van der Waals surface area contributed by atoms with Gasteiger partial charge in [0.05, 0.1) is 25.3 Å². The van der Waals surface area contributed by atoms with Crippen LogP contribution in [0.2, 0.25) is 0 Å². The zero-order chi connectivity index (χ0) is 24.1. The third-order valence-corrected chi connectivity index (χ3v) is 5.67. The molecule has 0 aliphatic carbocycles. The van der Waals surface area contributed by atoms with Gasteiger partial charge < -0.3 is 24.4 Å². The van der Waals surface area contributed by atoms with E-state index in [2.05, 4.69) is 0 Å². The van der Waals surface area contributed by atoms with Crippen LogP contribution in [0.5, 0.6) is 11.5 Å². The van der Waals surface area contributed by atoms with Crippen molar-refractivity contribution in [2.24, 2.45) is 0 Å². The van der Waals surface area contributed by atoms with Crippen LogP contribution in [0.15, 0.2) is 48.0 Å². The normalized spacial score (nSPS) is 17.6. The van der Waals surface area contributed by atoms with Crippen LogP contribution in [0.3, 0.4) is 0 Å². The Hall–Kier alpha value is -3.32. The fourth-order valence-corrected chi connectivity index (χ4v) is 3.88. The van der Waals surface area contributed by atoms with Crippen molar-refractivity contribution in [1.29, 1.82) is 0 Å². The van der Waals surface area contributed by atoms with Crippen molar-refractivity contribution in [3.63, 3.8) is 0 Å². The number of Topliss-reactive ketones (excluding diaryl/α,β-unsaturated/α-hetero) is 1. The van der Waals surface area contributed by atoms with E-state index in [0.717, 1.165) is 23.3 Å². The number of methoxy groups -OCH3 is 1. The number of carbonyl (C=O) groups is 2. The molecule has 7 heteroatoms. The van der Waals surface area contributed by atoms with Crippen LogP contribution in [0.25, 0.3) is 5.76 Å². The second-order valence-corrected chi connectivity index (χ2v) is 8.40. The summed E-state index contributed by atoms with van der Waals surface area (Å²) in [5.41, 5.74) is 2.14. The molecule has 1 unspecified atom stereocenters. The van der Waals surface area contributed by atoms with Crippen molar-refractivity contribution in [3.8, 4) is 11.5 Å². The van der Waals surface area contributed by atoms with Crippen LogP contribution >= 0.6 is 0 Å². The van der Waals surface area contributed by atoms with Crippen molar-refractivity contribution < 1.29 is 24.2 Å². The SMILES string of the molecule is CCCOc1ccc(/C(O)=C2/C(=O)C(=O)N(CCN(C)C)C2c2ccc(OC)cc2)cc1C. The minimum atomic E-state index is -0.688. The van der Waals surface area contributed by atoms with Gasteiger partial charge in [-0.1, -0.05) is 19.1 Å². The Labute approximate surface area is 195 Å². The number of nitrogens with zero attached hydrogens (tertiary/aromatic N) is 2. The molecule has 1 aliphatic rings. The largest absolute Gasteiger partial charge is 0.507 e. The Morgan fingerprint density at radius 3 is 2.39 bits per heavy atom. The van der Waals surface area contributed by atoms with Crippen LogP contribution in [-0.2, 0) is 9.59 Å². The van der Waals surface area contributed by atoms with E-state index in [9.17, 15) is 14.7 Å². The number of benzene rings is 2. The molecule has 0 saturated carbocycles. The zero-order valence-electron chi connectivity index (χ0n) is 19.9. The average molecular weight is 453 g/mol. The predicted molar refractivity (Wildman–Crippen MR) is 128 cm³/mol. The summed E-state index contributed by atoms with van der Waals surface area (Å²) in [5.74, 6) is -0.0876. The maximum absolute atomic E-state index is 13.1. The molecule has 1 saturated heterocycles. The second-order valence-electron chi connectivity index (χ2n) is 8.40. The molecule has 1 N–H and O–H groups in total. The van der Waals surface area contributed by atoms with E-state index in [1.54, 1.807) is 37.4 Å². The lowest BCUT2D eigenvalue weighted by molar-refractivity contribution is -0.140. The van der Waals surface area contributed by atoms with E-state index in [1.165, 1.54) is 4.90 Å². The fourth-order valence-electron chi connectivity index (χ4n) is 3.88. The number of ketones is 1. The van der Waals surface area contributed by atoms with E-state index < -0.39 is 17.7 Å². The Kier molecular flexibility index (Phi) is 7.76. The molecule has 2 aromatic carbocycles. The van der Waals surface area contributed by atoms with Gasteiger partial charge in [-0.25, -0.2) is 0 Å². The highest BCUT2D eigenvalue weighted by molar-refractivity contribution is 6.46. The van der Waals surface area contributed by atoms with Gasteiger partial charge in [-0.3, -0.25) is 9.59 Å². The van der Waals surface area contributed by atoms with Gasteiger partial charge in [0.15, 0.2) is 0 Å². The molecule has 0 aromatic heterocycles. The number of aliphatic hydroxyl groups is 1. The number of hydrogen-bond acceptors (Lipinski definition) is 6. The number of amides is 1. The molecule has 0 spiro atoms. The van der Waals surface area contributed by atoms with E-state index >= 15 is 0 Å². The van der Waals surface area contributed by atoms with Crippen molar-refractivity contribution in [2.45, 2.75) is 26.3 Å². The van der Waals surface area contributed by atoms with Crippen molar-refractivity contribution in [2.75, 3.05) is 40.9 Å². The number of aryl methyl sites for hydroxylation is 1. The number of aliphatic hydroxyl groups excluding tert-OH is 1. The third-order valence-electron chi connectivity index (χ3n) is 5.67. The van der Waals surface area contributed by atoms with Crippen LogP contribution in [-0.4, -0.2) is 67.5 Å². The number of likely N-dealkylation sites (N-methyl/N-ethyl adjacent to an activating group) is 1. The highest BCUT2D eigenvalue weighted by Gasteiger charge is 2.45. The molecule has 1 amide bonds. The maximum Gasteiger partial charge on any atom is 0.295 e. The molecule has 3 rings (SSSR count). The molecular formula is C26H32N2O5. The van der Waals surface area contributed by atoms with Gasteiger partial charge in [0.2, 0.25) is 0 Å². The quantitative estimate of drug-likeness (QED) is 0.354. The molecule has 0 radical (unpaired) electrons. The molecular weight excluding hydrogens is 420 g/mol. The lowest BCUT2D eigenvalue weighted by Gasteiger charge is -2.26. The summed E-state index contributed by atoms with van der Waals surface area (Å²) < 4.78 is 11.0. The lowest BCUT2D eigenvalue weighted by Crippen LogP contribution is -2.35. The highest BCUT2D eigenvalue weighted by atomic mass is 16.5. The number of likely N-dealkylation sites (tertiary alicyclic amines) is 1. The monoisotopic (exact) mass is 452 g/mol. The molecule has 1 atom stereocenters. The number of rotatable bonds is 9. The number of hydrogen-bond donors (Lipinski definition) is 1. The van der Waals surface area contributed by atoms with Gasteiger partial charge in [-0.05, 0) is 68.9 Å². The van der Waals surface area contributed by atoms with Crippen LogP contribution in [0.1, 0.15) is 36.1 Å². The molecule has 33 heavy (non-hydrogen) atoms. The first-order valence-electron chi connectivity index (χ1n) is 11.1. The van der Waals surface area contributed by atoms with Crippen molar-refractivity contribution in [3.05, 3.63) is 64.7 Å². The first-order valence-corrected chi connectivity index (χ1v) is 11.1. The Bertz CT molecular complexity index is 1040. The first-order chi connectivity index (χ1) is 15.8. The van der Waals surface area contributed by atoms with E-state index in [1.807, 2.05) is 45.0 Å². The van der Waals surface area contributed by atoms with Crippen molar-refractivity contribution in [1.82, 2.24) is 9.80 Å². The number of ether oxygens (including phenoxy) is 2. The summed E-state index contributed by atoms with van der Waals surface area (Å²) >= 11 is 0. The summed E-state index contributed by atoms with van der Waals surface area (Å²) in [6.45, 7) is 5.46. The van der Waals surface area contributed by atoms with Gasteiger partial charge >= 0.3 is 0 Å². The molecule has 1 heterocycles. The molecule has 1 fully saturated rings. The molecule has 7 nitrogen and oxygen atoms in total. The Morgan fingerprint density at radius 1 is 1.12 bits per heavy atom. The minimum Gasteiger partial charge on any atom is -0.507 e. The average Bonchev–Trinajstić information content (AvgIpc) is 3.06. The lowest BCUT2D eigenvalue weighted by atomic mass is 9.94. The van der Waals surface area contributed by atoms with E-state index in [0.29, 0.717) is 31.0 Å². The summed E-state index contributed by atoms with van der Waals surface area (Å²) in [7, 11) is 5.39. The van der Waals surface area contributed by atoms with Gasteiger partial charge in [-0.2, -0.15) is 0 Å². The first kappa shape index (κ1) is 24.3. The fraction of sp³-hybridized carbons (Fsp3) is 0.385. The summed E-state index contributed by atoms with van der Waals surface area (Å²) in [6, 6.07) is 11.8. The van der Waals surface area contributed by atoms with E-state index in [-0.39, 0.29) is 11.3 Å². The summed E-state index contributed by atoms with van der Waals surface area (Å²) in [6.07, 6.45) is 0.888. The molecule has 0 bridgehead atoms. The van der Waals surface area contributed by atoms with Gasteiger partial charge in [0, 0.05) is 18.7 Å². The molecule has 176 valence electrons. The number of carbonyl (C=O) groups excluding carboxylic acids is 2. The standard InChI is InChI=1S/C26H32N2O5/c1-6-15-33-21-12-9-19(16-17(21)2)24(29)22-23(18-7-10-20(32-5)11-8-18)28(14-13-27(3)4)26(31)25(22)30/h7-12,16,23,29H,6,13-15H2,1-5H3/b24-22-. The maximum atomic E-state index is 13.1. The Balaban J connectivity index is 2.09. The summed E-state index contributed by atoms with van der Waals surface area (Å²) in [5, 5.41) is 11.2. The van der Waals surface area contributed by atoms with E-state index in [4.69, 9.17) is 9.47 Å². The van der Waals surface area contributed by atoms with Crippen LogP contribution in [0.4, 0.5) is 0 Å². The molecule has 2 aromatic rings. The zero-order valence-corrected chi connectivity index (χ0v) is 19.9. The van der Waals surface area contributed by atoms with Gasteiger partial charge in [0.1, 0.15) is 17.3 Å². The summed E-state index contributed by atoms with van der Waals surface area (Å²) in [4.78, 5) is 29.6. The van der Waals surface area contributed by atoms with Crippen LogP contribution < -0.4 is 9.47 Å². The smallest absolute Gasteiger partial charge is 0.295 e. The van der Waals surface area contributed by atoms with Crippen molar-refractivity contribution >= 4 is 17.4 Å².